The highest BCUT2D eigenvalue weighted by Gasteiger charge is 2.52. The summed E-state index contributed by atoms with van der Waals surface area (Å²) in [6.45, 7) is 3.06. The van der Waals surface area contributed by atoms with Crippen molar-refractivity contribution in [2.75, 3.05) is 36.6 Å². The Labute approximate surface area is 264 Å². The zero-order chi connectivity index (χ0) is 32.0. The largest absolute Gasteiger partial charge is 0.497 e. The van der Waals surface area contributed by atoms with Gasteiger partial charge in [-0.25, -0.2) is 0 Å². The van der Waals surface area contributed by atoms with Crippen LogP contribution in [-0.4, -0.2) is 59.6 Å². The minimum Gasteiger partial charge on any atom is -0.497 e. The van der Waals surface area contributed by atoms with E-state index in [0.717, 1.165) is 29.7 Å². The van der Waals surface area contributed by atoms with Gasteiger partial charge in [0.15, 0.2) is 5.60 Å². The van der Waals surface area contributed by atoms with Crippen LogP contribution in [0.2, 0.25) is 0 Å². The summed E-state index contributed by atoms with van der Waals surface area (Å²) in [5.41, 5.74) is 1.72. The molecule has 2 atom stereocenters. The maximum Gasteiger partial charge on any atom is 0.264 e. The van der Waals surface area contributed by atoms with E-state index < -0.39 is 17.4 Å². The third-order valence-corrected chi connectivity index (χ3v) is 8.68. The van der Waals surface area contributed by atoms with Crippen molar-refractivity contribution < 1.29 is 29.3 Å². The Morgan fingerprint density at radius 3 is 2.56 bits per heavy atom. The smallest absolute Gasteiger partial charge is 0.264 e. The van der Waals surface area contributed by atoms with E-state index in [0.29, 0.717) is 36.5 Å². The number of nitrogens with zero attached hydrogens (tertiary/aromatic N) is 3. The predicted molar refractivity (Wildman–Crippen MR) is 173 cm³/mol. The maximum absolute atomic E-state index is 14.1. The second kappa shape index (κ2) is 14.1. The molecule has 2 aliphatic rings. The lowest BCUT2D eigenvalue weighted by atomic mass is 9.83. The number of carbonyl (C=O) groups excluding carboxylic acids is 3. The minimum atomic E-state index is -1.89. The molecule has 1 fully saturated rings. The van der Waals surface area contributed by atoms with E-state index in [1.54, 1.807) is 52.0 Å². The van der Waals surface area contributed by atoms with Crippen LogP contribution in [-0.2, 0) is 33.1 Å². The van der Waals surface area contributed by atoms with Crippen molar-refractivity contribution in [1.29, 1.82) is 0 Å². The van der Waals surface area contributed by atoms with E-state index in [9.17, 15) is 24.6 Å². The van der Waals surface area contributed by atoms with E-state index in [2.05, 4.69) is 0 Å². The van der Waals surface area contributed by atoms with Crippen molar-refractivity contribution in [3.63, 3.8) is 0 Å². The van der Waals surface area contributed by atoms with Crippen molar-refractivity contribution in [3.05, 3.63) is 102 Å². The molecule has 9 nitrogen and oxygen atoms in total. The van der Waals surface area contributed by atoms with Crippen LogP contribution in [0.3, 0.4) is 0 Å². The SMILES string of the molecule is COc1ccc2c(c1)[C@](O)([C@@H](C)/C=C/CC(=O)N(CCO)Cc1ccccc1)C(=O)N2Cc1cccc(N2CCCCC2=O)c1. The molecule has 1 saturated heterocycles. The van der Waals surface area contributed by atoms with Gasteiger partial charge in [-0.15, -0.1) is 0 Å². The van der Waals surface area contributed by atoms with E-state index in [1.165, 1.54) is 7.11 Å². The van der Waals surface area contributed by atoms with Crippen LogP contribution in [0.1, 0.15) is 49.3 Å². The van der Waals surface area contributed by atoms with Crippen LogP contribution in [0.4, 0.5) is 11.4 Å². The van der Waals surface area contributed by atoms with E-state index in [-0.39, 0.29) is 37.9 Å². The van der Waals surface area contributed by atoms with Gasteiger partial charge in [-0.2, -0.15) is 0 Å². The lowest BCUT2D eigenvalue weighted by Gasteiger charge is -2.29. The van der Waals surface area contributed by atoms with Crippen molar-refractivity contribution in [1.82, 2.24) is 4.90 Å². The first kappa shape index (κ1) is 31.9. The number of hydrogen-bond donors (Lipinski definition) is 2. The van der Waals surface area contributed by atoms with Crippen LogP contribution in [0.25, 0.3) is 0 Å². The Bertz CT molecular complexity index is 1560. The van der Waals surface area contributed by atoms with Crippen LogP contribution in [0.5, 0.6) is 5.75 Å². The van der Waals surface area contributed by atoms with Gasteiger partial charge in [-0.3, -0.25) is 14.4 Å². The average Bonchev–Trinajstić information content (AvgIpc) is 3.27. The topological polar surface area (TPSA) is 111 Å². The van der Waals surface area contributed by atoms with Gasteiger partial charge in [-0.1, -0.05) is 61.5 Å². The molecule has 2 N–H and O–H groups in total. The monoisotopic (exact) mass is 611 g/mol. The van der Waals surface area contributed by atoms with Gasteiger partial charge in [0.1, 0.15) is 5.75 Å². The van der Waals surface area contributed by atoms with Gasteiger partial charge >= 0.3 is 0 Å². The summed E-state index contributed by atoms with van der Waals surface area (Å²) in [6.07, 6.45) is 5.80. The van der Waals surface area contributed by atoms with Crippen LogP contribution in [0, 0.1) is 5.92 Å². The molecule has 2 aliphatic heterocycles. The van der Waals surface area contributed by atoms with E-state index in [4.69, 9.17) is 4.74 Å². The lowest BCUT2D eigenvalue weighted by Crippen LogP contribution is -2.44. The van der Waals surface area contributed by atoms with Crippen molar-refractivity contribution in [2.45, 2.75) is 51.3 Å². The third-order valence-electron chi connectivity index (χ3n) is 8.68. The molecule has 9 heteroatoms. The molecule has 45 heavy (non-hydrogen) atoms. The van der Waals surface area contributed by atoms with Gasteiger partial charge in [-0.05, 0) is 54.3 Å². The zero-order valence-corrected chi connectivity index (χ0v) is 25.9. The van der Waals surface area contributed by atoms with Gasteiger partial charge in [0, 0.05) is 49.6 Å². The van der Waals surface area contributed by atoms with Crippen molar-refractivity contribution >= 4 is 29.1 Å². The summed E-state index contributed by atoms with van der Waals surface area (Å²) in [4.78, 5) is 44.7. The van der Waals surface area contributed by atoms with Gasteiger partial charge < -0.3 is 29.6 Å². The Kier molecular flexibility index (Phi) is 10.0. The summed E-state index contributed by atoms with van der Waals surface area (Å²) in [6, 6.07) is 22.4. The number of methoxy groups -OCH3 is 1. The number of benzene rings is 3. The molecule has 236 valence electrons. The van der Waals surface area contributed by atoms with Gasteiger partial charge in [0.2, 0.25) is 11.8 Å². The van der Waals surface area contributed by atoms with E-state index >= 15 is 0 Å². The van der Waals surface area contributed by atoms with Gasteiger partial charge in [0.25, 0.3) is 5.91 Å². The molecule has 5 rings (SSSR count). The number of aliphatic hydroxyl groups is 2. The molecule has 3 aromatic carbocycles. The lowest BCUT2D eigenvalue weighted by molar-refractivity contribution is -0.139. The third kappa shape index (κ3) is 6.79. The number of amides is 3. The number of piperidine rings is 1. The molecule has 0 spiro atoms. The summed E-state index contributed by atoms with van der Waals surface area (Å²) >= 11 is 0. The minimum absolute atomic E-state index is 0.0537. The van der Waals surface area contributed by atoms with Crippen LogP contribution < -0.4 is 14.5 Å². The molecule has 0 unspecified atom stereocenters. The molecule has 0 aromatic heterocycles. The molecular weight excluding hydrogens is 570 g/mol. The molecule has 3 aromatic rings. The molecule has 0 radical (unpaired) electrons. The van der Waals surface area contributed by atoms with Crippen molar-refractivity contribution in [3.8, 4) is 5.75 Å². The summed E-state index contributed by atoms with van der Waals surface area (Å²) in [5, 5.41) is 21.6. The summed E-state index contributed by atoms with van der Waals surface area (Å²) < 4.78 is 5.44. The number of hydrogen-bond acceptors (Lipinski definition) is 6. The van der Waals surface area contributed by atoms with Gasteiger partial charge in [0.05, 0.1) is 25.9 Å². The average molecular weight is 612 g/mol. The Morgan fingerprint density at radius 2 is 1.82 bits per heavy atom. The number of fused-ring (bicyclic) bond motifs is 1. The first-order valence-electron chi connectivity index (χ1n) is 15.5. The molecular formula is C36H41N3O6. The standard InChI is InChI=1S/C36H41N3O6/c1-26(10-8-16-33(41)37(20-21-40)24-27-11-4-3-5-12-27)36(44)31-23-30(45-2)17-18-32(31)39(35(36)43)25-28-13-9-14-29(22-28)38-19-7-6-15-34(38)42/h3-5,8-14,17-18,22-23,26,40,44H,6-7,15-16,19-21,24-25H2,1-2H3/b10-8+/t26-,36+/m0/s1. The molecule has 0 aliphatic carbocycles. The Hall–Kier alpha value is -4.47. The van der Waals surface area contributed by atoms with Crippen molar-refractivity contribution in [2.24, 2.45) is 5.92 Å². The highest BCUT2D eigenvalue weighted by Crippen LogP contribution is 2.47. The number of rotatable bonds is 12. The second-order valence-electron chi connectivity index (χ2n) is 11.7. The summed E-state index contributed by atoms with van der Waals surface area (Å²) in [5.74, 6) is -0.705. The number of anilines is 2. The van der Waals surface area contributed by atoms with E-state index in [1.807, 2.05) is 54.6 Å². The normalized spacial score (nSPS) is 18.8. The Balaban J connectivity index is 1.36. The molecule has 0 saturated carbocycles. The number of carbonyl (C=O) groups is 3. The number of ether oxygens (including phenoxy) is 1. The fourth-order valence-corrected chi connectivity index (χ4v) is 6.15. The van der Waals surface area contributed by atoms with Crippen LogP contribution in [0.15, 0.2) is 84.9 Å². The highest BCUT2D eigenvalue weighted by atomic mass is 16.5. The first-order chi connectivity index (χ1) is 21.8. The Morgan fingerprint density at radius 1 is 1.04 bits per heavy atom. The predicted octanol–water partition coefficient (Wildman–Crippen LogP) is 4.55. The fraction of sp³-hybridized carbons (Fsp3) is 0.361. The maximum atomic E-state index is 14.1. The number of aliphatic hydroxyl groups excluding tert-OH is 1. The van der Waals surface area contributed by atoms with Crippen LogP contribution >= 0.6 is 0 Å². The highest BCUT2D eigenvalue weighted by molar-refractivity contribution is 6.07. The second-order valence-corrected chi connectivity index (χ2v) is 11.7. The molecule has 0 bridgehead atoms. The zero-order valence-electron chi connectivity index (χ0n) is 25.9. The molecule has 2 heterocycles. The fourth-order valence-electron chi connectivity index (χ4n) is 6.15. The first-order valence-corrected chi connectivity index (χ1v) is 15.5. The summed E-state index contributed by atoms with van der Waals surface area (Å²) in [7, 11) is 1.53. The quantitative estimate of drug-likeness (QED) is 0.291. The molecule has 3 amide bonds.